The van der Waals surface area contributed by atoms with Gasteiger partial charge >= 0.3 is 6.18 Å². The van der Waals surface area contributed by atoms with Crippen LogP contribution >= 0.6 is 27.3 Å². The summed E-state index contributed by atoms with van der Waals surface area (Å²) in [6.45, 7) is 4.41. The van der Waals surface area contributed by atoms with Gasteiger partial charge in [-0.15, -0.1) is 11.3 Å². The number of benzene rings is 1. The molecule has 1 saturated heterocycles. The maximum Gasteiger partial charge on any atom is 0.416 e. The molecule has 2 heterocycles. The first-order valence-electron chi connectivity index (χ1n) is 7.42. The molecular weight excluding hydrogens is 389 g/mol. The number of quaternary nitrogens is 1. The van der Waals surface area contributed by atoms with Gasteiger partial charge in [-0.25, -0.2) is 0 Å². The van der Waals surface area contributed by atoms with E-state index in [-0.39, 0.29) is 0 Å². The van der Waals surface area contributed by atoms with Crippen LogP contribution in [0.3, 0.4) is 0 Å². The molecule has 0 bridgehead atoms. The summed E-state index contributed by atoms with van der Waals surface area (Å²) in [5.41, 5.74) is 0.0888. The SMILES string of the molecule is FC(F)(F)c1cccc(N2CC[NH+](Cc3ccc(Br)s3)CC2)c1. The Morgan fingerprint density at radius 3 is 2.48 bits per heavy atom. The van der Waals surface area contributed by atoms with Crippen molar-refractivity contribution in [1.29, 1.82) is 0 Å². The molecule has 1 aromatic carbocycles. The van der Waals surface area contributed by atoms with Gasteiger partial charge in [0.1, 0.15) is 6.54 Å². The fourth-order valence-electron chi connectivity index (χ4n) is 2.83. The summed E-state index contributed by atoms with van der Waals surface area (Å²) in [5.74, 6) is 0. The number of anilines is 1. The van der Waals surface area contributed by atoms with Gasteiger partial charge in [-0.2, -0.15) is 13.2 Å². The second-order valence-electron chi connectivity index (χ2n) is 5.67. The normalized spacial score (nSPS) is 16.8. The summed E-state index contributed by atoms with van der Waals surface area (Å²) >= 11 is 5.21. The highest BCUT2D eigenvalue weighted by molar-refractivity contribution is 9.11. The second-order valence-corrected chi connectivity index (χ2v) is 8.22. The molecule has 1 N–H and O–H groups in total. The van der Waals surface area contributed by atoms with Crippen molar-refractivity contribution in [2.75, 3.05) is 31.1 Å². The molecule has 23 heavy (non-hydrogen) atoms. The number of piperazine rings is 1. The molecule has 0 atom stereocenters. The van der Waals surface area contributed by atoms with Crippen LogP contribution in [-0.2, 0) is 12.7 Å². The standard InChI is InChI=1S/C16H16BrF3N2S/c17-15-5-4-14(23-15)11-21-6-8-22(9-7-21)13-3-1-2-12(10-13)16(18,19)20/h1-5,10H,6-9,11H2/p+1. The number of rotatable bonds is 3. The zero-order valence-corrected chi connectivity index (χ0v) is 14.8. The third-order valence-corrected chi connectivity index (χ3v) is 5.69. The Hall–Kier alpha value is -1.05. The fraction of sp³-hybridized carbons (Fsp3) is 0.375. The molecular formula is C16H17BrF3N2S+. The summed E-state index contributed by atoms with van der Waals surface area (Å²) in [4.78, 5) is 4.85. The molecule has 1 fully saturated rings. The third-order valence-electron chi connectivity index (χ3n) is 4.06. The first-order valence-corrected chi connectivity index (χ1v) is 9.03. The fourth-order valence-corrected chi connectivity index (χ4v) is 4.38. The van der Waals surface area contributed by atoms with E-state index < -0.39 is 11.7 Å². The highest BCUT2D eigenvalue weighted by Crippen LogP contribution is 2.31. The Morgan fingerprint density at radius 1 is 1.13 bits per heavy atom. The molecule has 0 saturated carbocycles. The van der Waals surface area contributed by atoms with Crippen LogP contribution in [0.15, 0.2) is 40.2 Å². The van der Waals surface area contributed by atoms with Crippen LogP contribution in [0.4, 0.5) is 18.9 Å². The third kappa shape index (κ3) is 4.28. The molecule has 1 aliphatic rings. The minimum absolute atomic E-state index is 0.576. The van der Waals surface area contributed by atoms with Crippen LogP contribution < -0.4 is 9.80 Å². The monoisotopic (exact) mass is 405 g/mol. The number of nitrogens with one attached hydrogen (secondary N) is 1. The number of thiophene rings is 1. The molecule has 0 amide bonds. The molecule has 0 radical (unpaired) electrons. The summed E-state index contributed by atoms with van der Waals surface area (Å²) in [6.07, 6.45) is -4.28. The van der Waals surface area contributed by atoms with Crippen LogP contribution in [-0.4, -0.2) is 26.2 Å². The maximum absolute atomic E-state index is 12.8. The molecule has 3 rings (SSSR count). The lowest BCUT2D eigenvalue weighted by molar-refractivity contribution is -0.914. The Bertz CT molecular complexity index is 663. The smallest absolute Gasteiger partial charge is 0.360 e. The quantitative estimate of drug-likeness (QED) is 0.821. The molecule has 1 aliphatic heterocycles. The first-order chi connectivity index (χ1) is 10.9. The van der Waals surface area contributed by atoms with E-state index in [1.165, 1.54) is 21.9 Å². The van der Waals surface area contributed by atoms with Gasteiger partial charge in [0.15, 0.2) is 0 Å². The number of halogens is 4. The van der Waals surface area contributed by atoms with Crippen LogP contribution in [0.5, 0.6) is 0 Å². The second kappa shape index (κ2) is 6.83. The van der Waals surface area contributed by atoms with Gasteiger partial charge in [-0.3, -0.25) is 0 Å². The van der Waals surface area contributed by atoms with Crippen molar-refractivity contribution in [3.05, 3.63) is 50.6 Å². The van der Waals surface area contributed by atoms with Crippen molar-refractivity contribution in [3.8, 4) is 0 Å². The lowest BCUT2D eigenvalue weighted by Crippen LogP contribution is -3.13. The Labute approximate surface area is 145 Å². The van der Waals surface area contributed by atoms with Crippen molar-refractivity contribution in [1.82, 2.24) is 0 Å². The topological polar surface area (TPSA) is 7.68 Å². The van der Waals surface area contributed by atoms with Crippen LogP contribution in [0.25, 0.3) is 0 Å². The van der Waals surface area contributed by atoms with E-state index in [4.69, 9.17) is 0 Å². The van der Waals surface area contributed by atoms with E-state index in [0.29, 0.717) is 5.69 Å². The number of hydrogen-bond acceptors (Lipinski definition) is 2. The minimum atomic E-state index is -4.28. The van der Waals surface area contributed by atoms with Crippen molar-refractivity contribution in [3.63, 3.8) is 0 Å². The van der Waals surface area contributed by atoms with Crippen molar-refractivity contribution >= 4 is 33.0 Å². The molecule has 124 valence electrons. The van der Waals surface area contributed by atoms with Gasteiger partial charge in [0.05, 0.1) is 40.4 Å². The summed E-state index contributed by atoms with van der Waals surface area (Å²) in [6, 6.07) is 9.80. The summed E-state index contributed by atoms with van der Waals surface area (Å²) < 4.78 is 39.6. The van der Waals surface area contributed by atoms with Gasteiger partial charge < -0.3 is 9.80 Å². The molecule has 1 aromatic heterocycles. The predicted octanol–water partition coefficient (Wildman–Crippen LogP) is 3.43. The van der Waals surface area contributed by atoms with E-state index in [1.54, 1.807) is 17.4 Å². The average molecular weight is 406 g/mol. The molecule has 0 aliphatic carbocycles. The molecule has 0 unspecified atom stereocenters. The Morgan fingerprint density at radius 2 is 1.87 bits per heavy atom. The average Bonchev–Trinajstić information content (AvgIpc) is 2.92. The molecule has 0 spiro atoms. The minimum Gasteiger partial charge on any atom is -0.360 e. The number of alkyl halides is 3. The van der Waals surface area contributed by atoms with Crippen molar-refractivity contribution in [2.45, 2.75) is 12.7 Å². The van der Waals surface area contributed by atoms with E-state index in [1.807, 2.05) is 4.90 Å². The number of hydrogen-bond donors (Lipinski definition) is 1. The van der Waals surface area contributed by atoms with Gasteiger partial charge in [-0.05, 0) is 46.3 Å². The largest absolute Gasteiger partial charge is 0.416 e. The van der Waals surface area contributed by atoms with Crippen LogP contribution in [0.2, 0.25) is 0 Å². The zero-order valence-electron chi connectivity index (χ0n) is 12.4. The van der Waals surface area contributed by atoms with Crippen LogP contribution in [0.1, 0.15) is 10.4 Å². The lowest BCUT2D eigenvalue weighted by atomic mass is 10.1. The van der Waals surface area contributed by atoms with Crippen molar-refractivity contribution in [2.24, 2.45) is 0 Å². The molecule has 7 heteroatoms. The maximum atomic E-state index is 12.8. The highest BCUT2D eigenvalue weighted by Gasteiger charge is 2.31. The van der Waals surface area contributed by atoms with E-state index in [2.05, 4.69) is 28.1 Å². The summed E-state index contributed by atoms with van der Waals surface area (Å²) in [5, 5.41) is 0. The van der Waals surface area contributed by atoms with E-state index >= 15 is 0 Å². The molecule has 2 aromatic rings. The number of nitrogens with zero attached hydrogens (tertiary/aromatic N) is 1. The lowest BCUT2D eigenvalue weighted by Gasteiger charge is -2.33. The van der Waals surface area contributed by atoms with Gasteiger partial charge in [0.25, 0.3) is 0 Å². The van der Waals surface area contributed by atoms with E-state index in [9.17, 15) is 13.2 Å². The van der Waals surface area contributed by atoms with Crippen molar-refractivity contribution < 1.29 is 18.1 Å². The van der Waals surface area contributed by atoms with Crippen LogP contribution in [0, 0.1) is 0 Å². The Balaban J connectivity index is 1.60. The first kappa shape index (κ1) is 16.8. The zero-order chi connectivity index (χ0) is 16.4. The summed E-state index contributed by atoms with van der Waals surface area (Å²) in [7, 11) is 0. The van der Waals surface area contributed by atoms with E-state index in [0.717, 1.165) is 42.6 Å². The van der Waals surface area contributed by atoms with Gasteiger partial charge in [0.2, 0.25) is 0 Å². The molecule has 2 nitrogen and oxygen atoms in total. The van der Waals surface area contributed by atoms with Gasteiger partial charge in [-0.1, -0.05) is 6.07 Å². The highest BCUT2D eigenvalue weighted by atomic mass is 79.9. The Kier molecular flexibility index (Phi) is 4.98. The van der Waals surface area contributed by atoms with Gasteiger partial charge in [0, 0.05) is 5.69 Å². The predicted molar refractivity (Wildman–Crippen MR) is 90.1 cm³/mol.